The van der Waals surface area contributed by atoms with Crippen LogP contribution in [0.5, 0.6) is 0 Å². The van der Waals surface area contributed by atoms with Gasteiger partial charge >= 0.3 is 0 Å². The summed E-state index contributed by atoms with van der Waals surface area (Å²) in [4.78, 5) is 12.6. The molecular weight excluding hydrogens is 328 g/mol. The van der Waals surface area contributed by atoms with Crippen LogP contribution >= 0.6 is 11.8 Å². The van der Waals surface area contributed by atoms with Crippen molar-refractivity contribution >= 4 is 17.7 Å². The number of hydrogen-bond donors (Lipinski definition) is 2. The molecular formula is C21H28N2OS. The first-order valence-electron chi connectivity index (χ1n) is 8.84. The highest BCUT2D eigenvalue weighted by molar-refractivity contribution is 8.05. The molecule has 1 amide bonds. The minimum atomic E-state index is 0.0491. The van der Waals surface area contributed by atoms with Crippen LogP contribution in [0.25, 0.3) is 0 Å². The molecule has 2 atom stereocenters. The molecule has 1 aliphatic heterocycles. The highest BCUT2D eigenvalue weighted by Gasteiger charge is 2.12. The summed E-state index contributed by atoms with van der Waals surface area (Å²) in [6.07, 6.45) is 20.3. The summed E-state index contributed by atoms with van der Waals surface area (Å²) >= 11 is 1.67. The first kappa shape index (κ1) is 19.5. The van der Waals surface area contributed by atoms with Crippen molar-refractivity contribution in [2.45, 2.75) is 38.6 Å². The number of rotatable bonds is 7. The molecule has 0 aromatic rings. The van der Waals surface area contributed by atoms with Crippen LogP contribution in [-0.2, 0) is 4.79 Å². The highest BCUT2D eigenvalue weighted by atomic mass is 32.2. The van der Waals surface area contributed by atoms with Gasteiger partial charge in [0.2, 0.25) is 5.91 Å². The number of hydrogen-bond acceptors (Lipinski definition) is 3. The third kappa shape index (κ3) is 7.76. The van der Waals surface area contributed by atoms with Gasteiger partial charge in [0.05, 0.1) is 0 Å². The molecule has 134 valence electrons. The van der Waals surface area contributed by atoms with Crippen LogP contribution in [0.2, 0.25) is 0 Å². The third-order valence-electron chi connectivity index (χ3n) is 4.12. The lowest BCUT2D eigenvalue weighted by Crippen LogP contribution is -2.29. The molecule has 4 heteroatoms. The van der Waals surface area contributed by atoms with Gasteiger partial charge in [-0.25, -0.2) is 0 Å². The number of thioether (sulfide) groups is 1. The average Bonchev–Trinajstić information content (AvgIpc) is 2.71. The van der Waals surface area contributed by atoms with Gasteiger partial charge in [-0.15, -0.1) is 11.8 Å². The number of carbonyl (C=O) groups excluding carboxylic acids is 1. The SMILES string of the molecule is C=C(CNC1C=CC(CC2/C=C/CC(=O)N/C=C/C2)=CC1)S/C=C\C. The van der Waals surface area contributed by atoms with Gasteiger partial charge in [-0.1, -0.05) is 54.7 Å². The molecule has 0 saturated heterocycles. The van der Waals surface area contributed by atoms with Crippen molar-refractivity contribution in [1.82, 2.24) is 10.6 Å². The fourth-order valence-corrected chi connectivity index (χ4v) is 3.27. The van der Waals surface area contributed by atoms with E-state index in [9.17, 15) is 4.79 Å². The molecule has 3 nitrogen and oxygen atoms in total. The van der Waals surface area contributed by atoms with E-state index in [1.54, 1.807) is 18.0 Å². The minimum Gasteiger partial charge on any atom is -0.333 e. The van der Waals surface area contributed by atoms with E-state index in [-0.39, 0.29) is 5.91 Å². The zero-order chi connectivity index (χ0) is 17.9. The Hall–Kier alpha value is -1.78. The van der Waals surface area contributed by atoms with Crippen molar-refractivity contribution in [2.24, 2.45) is 5.92 Å². The van der Waals surface area contributed by atoms with Gasteiger partial charge in [0.15, 0.2) is 0 Å². The Labute approximate surface area is 155 Å². The van der Waals surface area contributed by atoms with Gasteiger partial charge in [-0.05, 0) is 48.6 Å². The zero-order valence-electron chi connectivity index (χ0n) is 14.9. The second-order valence-corrected chi connectivity index (χ2v) is 7.37. The standard InChI is InChI=1S/C21H28N2OS/c1-3-14-25-17(2)16-23-20-11-9-19(10-12-20)15-18-6-4-8-21(24)22-13-5-7-18/h3-6,9-11,13-14,18,20,23H,2,7-8,12,15-16H2,1H3,(H,22,24)/b6-4+,13-5+,14-3-. The van der Waals surface area contributed by atoms with Crippen LogP contribution in [0.3, 0.4) is 0 Å². The van der Waals surface area contributed by atoms with Crippen molar-refractivity contribution in [3.63, 3.8) is 0 Å². The Morgan fingerprint density at radius 3 is 3.04 bits per heavy atom. The summed E-state index contributed by atoms with van der Waals surface area (Å²) in [7, 11) is 0. The van der Waals surface area contributed by atoms with E-state index in [0.29, 0.717) is 18.4 Å². The van der Waals surface area contributed by atoms with Gasteiger partial charge in [-0.3, -0.25) is 4.79 Å². The van der Waals surface area contributed by atoms with E-state index in [2.05, 4.69) is 46.9 Å². The molecule has 1 aliphatic carbocycles. The molecule has 0 radical (unpaired) electrons. The molecule has 1 heterocycles. The summed E-state index contributed by atoms with van der Waals surface area (Å²) < 4.78 is 0. The highest BCUT2D eigenvalue weighted by Crippen LogP contribution is 2.23. The molecule has 0 fully saturated rings. The first-order chi connectivity index (χ1) is 12.2. The normalized spacial score (nSPS) is 26.3. The third-order valence-corrected chi connectivity index (χ3v) is 5.01. The average molecular weight is 357 g/mol. The van der Waals surface area contributed by atoms with Gasteiger partial charge in [0.1, 0.15) is 0 Å². The topological polar surface area (TPSA) is 41.1 Å². The summed E-state index contributed by atoms with van der Waals surface area (Å²) in [5.74, 6) is 0.495. The number of nitrogens with one attached hydrogen (secondary N) is 2. The largest absolute Gasteiger partial charge is 0.333 e. The Kier molecular flexibility index (Phi) is 8.56. The summed E-state index contributed by atoms with van der Waals surface area (Å²) in [5.41, 5.74) is 1.38. The van der Waals surface area contributed by atoms with E-state index in [1.807, 2.05) is 25.2 Å². The van der Waals surface area contributed by atoms with Gasteiger partial charge < -0.3 is 10.6 Å². The van der Waals surface area contributed by atoms with Crippen LogP contribution < -0.4 is 10.6 Å². The lowest BCUT2D eigenvalue weighted by atomic mass is 9.91. The Morgan fingerprint density at radius 2 is 2.28 bits per heavy atom. The van der Waals surface area contributed by atoms with Gasteiger partial charge in [-0.2, -0.15) is 0 Å². The van der Waals surface area contributed by atoms with Crippen molar-refractivity contribution in [1.29, 1.82) is 0 Å². The fraction of sp³-hybridized carbons (Fsp3) is 0.381. The minimum absolute atomic E-state index is 0.0491. The molecule has 0 aromatic carbocycles. The van der Waals surface area contributed by atoms with Crippen molar-refractivity contribution in [3.8, 4) is 0 Å². The molecule has 25 heavy (non-hydrogen) atoms. The van der Waals surface area contributed by atoms with Gasteiger partial charge in [0.25, 0.3) is 0 Å². The summed E-state index contributed by atoms with van der Waals surface area (Å²) in [5, 5.41) is 8.36. The number of carbonyl (C=O) groups is 1. The molecule has 2 N–H and O–H groups in total. The van der Waals surface area contributed by atoms with E-state index in [1.165, 1.54) is 5.57 Å². The maximum Gasteiger partial charge on any atom is 0.227 e. The second kappa shape index (κ2) is 11.0. The molecule has 2 unspecified atom stereocenters. The molecule has 0 spiro atoms. The lowest BCUT2D eigenvalue weighted by molar-refractivity contribution is -0.119. The molecule has 0 bridgehead atoms. The van der Waals surface area contributed by atoms with Crippen molar-refractivity contribution < 1.29 is 4.79 Å². The number of allylic oxidation sites excluding steroid dienone is 5. The maximum atomic E-state index is 11.4. The van der Waals surface area contributed by atoms with Crippen molar-refractivity contribution in [3.05, 3.63) is 71.2 Å². The molecule has 0 saturated carbocycles. The Bertz CT molecular complexity index is 613. The molecule has 2 aliphatic rings. The maximum absolute atomic E-state index is 11.4. The Balaban J connectivity index is 1.77. The molecule has 0 aromatic heterocycles. The molecule has 2 rings (SSSR count). The monoisotopic (exact) mass is 356 g/mol. The predicted octanol–water partition coefficient (Wildman–Crippen LogP) is 4.60. The zero-order valence-corrected chi connectivity index (χ0v) is 15.7. The van der Waals surface area contributed by atoms with Crippen LogP contribution in [0, 0.1) is 5.92 Å². The van der Waals surface area contributed by atoms with Crippen LogP contribution in [0.15, 0.2) is 71.2 Å². The van der Waals surface area contributed by atoms with Crippen LogP contribution in [0.1, 0.15) is 32.6 Å². The van der Waals surface area contributed by atoms with Crippen LogP contribution in [0.4, 0.5) is 0 Å². The van der Waals surface area contributed by atoms with E-state index in [4.69, 9.17) is 0 Å². The Morgan fingerprint density at radius 1 is 1.40 bits per heavy atom. The van der Waals surface area contributed by atoms with E-state index < -0.39 is 0 Å². The number of amides is 1. The fourth-order valence-electron chi connectivity index (χ4n) is 2.77. The summed E-state index contributed by atoms with van der Waals surface area (Å²) in [6.45, 7) is 6.90. The summed E-state index contributed by atoms with van der Waals surface area (Å²) in [6, 6.07) is 0.379. The predicted molar refractivity (Wildman–Crippen MR) is 109 cm³/mol. The van der Waals surface area contributed by atoms with E-state index >= 15 is 0 Å². The smallest absolute Gasteiger partial charge is 0.227 e. The van der Waals surface area contributed by atoms with Gasteiger partial charge in [0, 0.05) is 19.0 Å². The lowest BCUT2D eigenvalue weighted by Gasteiger charge is -2.20. The van der Waals surface area contributed by atoms with Crippen LogP contribution in [-0.4, -0.2) is 18.5 Å². The first-order valence-corrected chi connectivity index (χ1v) is 9.72. The van der Waals surface area contributed by atoms with E-state index in [0.717, 1.165) is 30.7 Å². The quantitative estimate of drug-likeness (QED) is 0.655. The second-order valence-electron chi connectivity index (χ2n) is 6.29. The van der Waals surface area contributed by atoms with Crippen molar-refractivity contribution in [2.75, 3.05) is 6.54 Å².